The first-order valence-electron chi connectivity index (χ1n) is 7.43. The molecule has 1 aliphatic rings. The predicted octanol–water partition coefficient (Wildman–Crippen LogP) is 2.78. The van der Waals surface area contributed by atoms with Crippen LogP contribution in [0.15, 0.2) is 18.2 Å². The number of hydrogen-bond acceptors (Lipinski definition) is 4. The van der Waals surface area contributed by atoms with Gasteiger partial charge in [-0.3, -0.25) is 4.79 Å². The Bertz CT molecular complexity index is 613. The van der Waals surface area contributed by atoms with E-state index in [0.29, 0.717) is 25.1 Å². The second-order valence-electron chi connectivity index (χ2n) is 6.55. The Hall–Kier alpha value is -1.95. The Balaban J connectivity index is 1.91. The Kier molecular flexibility index (Phi) is 5.04. The molecular formula is C16H21ClN2O4. The molecule has 7 heteroatoms. The lowest BCUT2D eigenvalue weighted by Gasteiger charge is -2.24. The summed E-state index contributed by atoms with van der Waals surface area (Å²) in [7, 11) is 0. The number of nitrogens with zero attached hydrogens (tertiary/aromatic N) is 1. The molecule has 1 saturated heterocycles. The zero-order valence-corrected chi connectivity index (χ0v) is 14.2. The van der Waals surface area contributed by atoms with E-state index in [0.717, 1.165) is 0 Å². The number of aromatic hydroxyl groups is 1. The topological polar surface area (TPSA) is 78.9 Å². The van der Waals surface area contributed by atoms with Crippen LogP contribution in [0.5, 0.6) is 5.75 Å². The van der Waals surface area contributed by atoms with E-state index in [1.165, 1.54) is 18.2 Å². The molecule has 0 radical (unpaired) electrons. The van der Waals surface area contributed by atoms with Crippen molar-refractivity contribution >= 4 is 23.6 Å². The summed E-state index contributed by atoms with van der Waals surface area (Å²) in [6.45, 7) is 6.39. The number of ether oxygens (including phenoxy) is 1. The normalized spacial score (nSPS) is 17.9. The van der Waals surface area contributed by atoms with Crippen molar-refractivity contribution < 1.29 is 19.4 Å². The molecule has 2 N–H and O–H groups in total. The predicted molar refractivity (Wildman–Crippen MR) is 86.8 cm³/mol. The zero-order chi connectivity index (χ0) is 17.2. The molecule has 23 heavy (non-hydrogen) atoms. The molecule has 1 atom stereocenters. The van der Waals surface area contributed by atoms with Crippen LogP contribution in [-0.2, 0) is 4.74 Å². The van der Waals surface area contributed by atoms with Crippen LogP contribution in [0.1, 0.15) is 37.6 Å². The molecular weight excluding hydrogens is 320 g/mol. The number of rotatable bonds is 2. The Labute approximate surface area is 140 Å². The van der Waals surface area contributed by atoms with Crippen LogP contribution in [-0.4, -0.2) is 46.7 Å². The third-order valence-corrected chi connectivity index (χ3v) is 3.69. The van der Waals surface area contributed by atoms with Crippen LogP contribution in [0.2, 0.25) is 5.02 Å². The molecule has 0 saturated carbocycles. The Morgan fingerprint density at radius 2 is 2.09 bits per heavy atom. The lowest BCUT2D eigenvalue weighted by Crippen LogP contribution is -2.40. The maximum absolute atomic E-state index is 12.2. The van der Waals surface area contributed by atoms with Crippen LogP contribution in [0.25, 0.3) is 0 Å². The van der Waals surface area contributed by atoms with Gasteiger partial charge in [-0.25, -0.2) is 4.79 Å². The number of halogens is 1. The van der Waals surface area contributed by atoms with E-state index in [2.05, 4.69) is 5.32 Å². The molecule has 6 nitrogen and oxygen atoms in total. The smallest absolute Gasteiger partial charge is 0.410 e. The van der Waals surface area contributed by atoms with Crippen LogP contribution >= 0.6 is 11.6 Å². The summed E-state index contributed by atoms with van der Waals surface area (Å²) in [6.07, 6.45) is 0.290. The molecule has 0 aliphatic carbocycles. The molecule has 0 bridgehead atoms. The van der Waals surface area contributed by atoms with E-state index in [1.807, 2.05) is 20.8 Å². The highest BCUT2D eigenvalue weighted by atomic mass is 35.5. The van der Waals surface area contributed by atoms with Gasteiger partial charge in [-0.15, -0.1) is 0 Å². The third kappa shape index (κ3) is 4.76. The second-order valence-corrected chi connectivity index (χ2v) is 6.96. The Morgan fingerprint density at radius 3 is 2.70 bits per heavy atom. The van der Waals surface area contributed by atoms with Crippen molar-refractivity contribution in [1.29, 1.82) is 0 Å². The highest BCUT2D eigenvalue weighted by Gasteiger charge is 2.30. The maximum Gasteiger partial charge on any atom is 0.410 e. The van der Waals surface area contributed by atoms with Gasteiger partial charge in [-0.05, 0) is 45.4 Å². The summed E-state index contributed by atoms with van der Waals surface area (Å²) in [5.74, 6) is -0.358. The summed E-state index contributed by atoms with van der Waals surface area (Å²) in [5, 5.41) is 12.4. The molecule has 1 aromatic rings. The van der Waals surface area contributed by atoms with Gasteiger partial charge in [0.1, 0.15) is 11.4 Å². The molecule has 1 aromatic carbocycles. The van der Waals surface area contributed by atoms with Gasteiger partial charge in [-0.2, -0.15) is 0 Å². The van der Waals surface area contributed by atoms with Crippen LogP contribution < -0.4 is 5.32 Å². The van der Waals surface area contributed by atoms with Crippen LogP contribution in [0, 0.1) is 0 Å². The van der Waals surface area contributed by atoms with Gasteiger partial charge in [0, 0.05) is 24.7 Å². The maximum atomic E-state index is 12.2. The quantitative estimate of drug-likeness (QED) is 0.867. The fourth-order valence-electron chi connectivity index (χ4n) is 2.29. The van der Waals surface area contributed by atoms with Gasteiger partial charge < -0.3 is 20.1 Å². The minimum absolute atomic E-state index is 0.0693. The molecule has 1 fully saturated rings. The summed E-state index contributed by atoms with van der Waals surface area (Å²) >= 11 is 5.80. The number of benzene rings is 1. The van der Waals surface area contributed by atoms with Crippen molar-refractivity contribution in [2.45, 2.75) is 38.8 Å². The monoisotopic (exact) mass is 340 g/mol. The van der Waals surface area contributed by atoms with Crippen molar-refractivity contribution in [3.05, 3.63) is 28.8 Å². The van der Waals surface area contributed by atoms with Crippen molar-refractivity contribution in [1.82, 2.24) is 10.2 Å². The molecule has 2 amide bonds. The fourth-order valence-corrected chi connectivity index (χ4v) is 2.47. The Morgan fingerprint density at radius 1 is 1.39 bits per heavy atom. The van der Waals surface area contributed by atoms with E-state index in [9.17, 15) is 14.7 Å². The number of carbonyl (C=O) groups is 2. The number of likely N-dealkylation sites (tertiary alicyclic amines) is 1. The molecule has 126 valence electrons. The summed E-state index contributed by atoms with van der Waals surface area (Å²) < 4.78 is 5.32. The summed E-state index contributed by atoms with van der Waals surface area (Å²) in [6, 6.07) is 4.14. The van der Waals surface area contributed by atoms with Crippen molar-refractivity contribution in [3.63, 3.8) is 0 Å². The van der Waals surface area contributed by atoms with E-state index in [1.54, 1.807) is 4.90 Å². The molecule has 0 aromatic heterocycles. The number of phenols is 1. The molecule has 0 unspecified atom stereocenters. The standard InChI is InChI=1S/C16H21ClN2O4/c1-16(2,3)23-15(22)19-7-6-11(9-19)18-14(21)10-4-5-13(20)12(17)8-10/h4-5,8,11,20H,6-7,9H2,1-3H3,(H,18,21)/t11-/m1/s1. The van der Waals surface area contributed by atoms with E-state index < -0.39 is 5.60 Å². The molecule has 0 spiro atoms. The highest BCUT2D eigenvalue weighted by molar-refractivity contribution is 6.32. The number of phenolic OH excluding ortho intramolecular Hbond substituents is 1. The lowest BCUT2D eigenvalue weighted by atomic mass is 10.2. The molecule has 2 rings (SSSR count). The first kappa shape index (κ1) is 17.4. The van der Waals surface area contributed by atoms with E-state index in [-0.39, 0.29) is 28.8 Å². The number of nitrogens with one attached hydrogen (secondary N) is 1. The van der Waals surface area contributed by atoms with Crippen molar-refractivity contribution in [2.24, 2.45) is 0 Å². The first-order valence-corrected chi connectivity index (χ1v) is 7.81. The van der Waals surface area contributed by atoms with E-state index in [4.69, 9.17) is 16.3 Å². The average Bonchev–Trinajstić information content (AvgIpc) is 2.88. The van der Waals surface area contributed by atoms with Crippen LogP contribution in [0.3, 0.4) is 0 Å². The van der Waals surface area contributed by atoms with E-state index >= 15 is 0 Å². The first-order chi connectivity index (χ1) is 10.7. The van der Waals surface area contributed by atoms with Gasteiger partial charge in [0.05, 0.1) is 5.02 Å². The number of amides is 2. The third-order valence-electron chi connectivity index (χ3n) is 3.39. The van der Waals surface area contributed by atoms with Crippen LogP contribution in [0.4, 0.5) is 4.79 Å². The van der Waals surface area contributed by atoms with Gasteiger partial charge in [0.15, 0.2) is 0 Å². The average molecular weight is 341 g/mol. The minimum Gasteiger partial charge on any atom is -0.506 e. The van der Waals surface area contributed by atoms with Gasteiger partial charge >= 0.3 is 6.09 Å². The minimum atomic E-state index is -0.540. The lowest BCUT2D eigenvalue weighted by molar-refractivity contribution is 0.0290. The largest absolute Gasteiger partial charge is 0.506 e. The highest BCUT2D eigenvalue weighted by Crippen LogP contribution is 2.24. The van der Waals surface area contributed by atoms with Crippen molar-refractivity contribution in [2.75, 3.05) is 13.1 Å². The number of carbonyl (C=O) groups excluding carboxylic acids is 2. The summed E-state index contributed by atoms with van der Waals surface area (Å²) in [5.41, 5.74) is -0.176. The van der Waals surface area contributed by atoms with Gasteiger partial charge in [-0.1, -0.05) is 11.6 Å². The zero-order valence-electron chi connectivity index (χ0n) is 13.4. The SMILES string of the molecule is CC(C)(C)OC(=O)N1CC[C@@H](NC(=O)c2ccc(O)c(Cl)c2)C1. The second kappa shape index (κ2) is 6.66. The molecule has 1 aliphatic heterocycles. The van der Waals surface area contributed by atoms with Gasteiger partial charge in [0.2, 0.25) is 0 Å². The van der Waals surface area contributed by atoms with Gasteiger partial charge in [0.25, 0.3) is 5.91 Å². The van der Waals surface area contributed by atoms with Crippen molar-refractivity contribution in [3.8, 4) is 5.75 Å². The number of hydrogen-bond donors (Lipinski definition) is 2. The molecule has 1 heterocycles. The summed E-state index contributed by atoms with van der Waals surface area (Å²) in [4.78, 5) is 25.8. The fraction of sp³-hybridized carbons (Fsp3) is 0.500.